The van der Waals surface area contributed by atoms with Crippen molar-refractivity contribution < 1.29 is 14.3 Å². The maximum absolute atomic E-state index is 13.2. The lowest BCUT2D eigenvalue weighted by atomic mass is 9.83. The average Bonchev–Trinajstić information content (AvgIpc) is 2.75. The molecule has 4 rings (SSSR count). The Morgan fingerprint density at radius 1 is 1.27 bits per heavy atom. The van der Waals surface area contributed by atoms with Gasteiger partial charge in [-0.15, -0.1) is 4.99 Å². The number of carbonyl (C=O) groups is 1. The van der Waals surface area contributed by atoms with E-state index in [-0.39, 0.29) is 18.0 Å². The summed E-state index contributed by atoms with van der Waals surface area (Å²) in [6.07, 6.45) is 9.06. The molecule has 0 N–H and O–H groups in total. The highest BCUT2D eigenvalue weighted by Gasteiger charge is 2.23. The largest absolute Gasteiger partial charge is 0.462 e. The summed E-state index contributed by atoms with van der Waals surface area (Å²) in [7, 11) is 0. The standard InChI is InChI=1S/C23H23N3O4/c1-3-30-23(29)19-20(24-13-27)25-21-18-11-16(15-7-5-4-6-8-15)9-10-17(18)14(2)12-26(21)22(19)28/h9-12,15H,3-8H2,1-2H3. The number of aryl methyl sites for hydroxylation is 1. The van der Waals surface area contributed by atoms with Crippen molar-refractivity contribution in [1.29, 1.82) is 0 Å². The number of hydrogen-bond donors (Lipinski definition) is 0. The summed E-state index contributed by atoms with van der Waals surface area (Å²) in [6, 6.07) is 6.29. The molecule has 0 amide bonds. The smallest absolute Gasteiger partial charge is 0.347 e. The molecule has 0 unspecified atom stereocenters. The molecule has 2 aromatic heterocycles. The molecule has 30 heavy (non-hydrogen) atoms. The minimum absolute atomic E-state index is 0.0900. The molecule has 7 nitrogen and oxygen atoms in total. The summed E-state index contributed by atoms with van der Waals surface area (Å²) in [4.78, 5) is 44.4. The van der Waals surface area contributed by atoms with Crippen LogP contribution in [0.1, 0.15) is 66.4 Å². The summed E-state index contributed by atoms with van der Waals surface area (Å²) in [5.41, 5.74) is 1.50. The van der Waals surface area contributed by atoms with Crippen LogP contribution in [0.25, 0.3) is 16.4 Å². The number of aromatic nitrogens is 2. The molecule has 7 heteroatoms. The number of rotatable bonds is 4. The lowest BCUT2D eigenvalue weighted by molar-refractivity contribution is 0.0524. The number of hydrogen-bond acceptors (Lipinski definition) is 6. The highest BCUT2D eigenvalue weighted by Crippen LogP contribution is 2.35. The molecule has 0 spiro atoms. The second kappa shape index (κ2) is 8.20. The van der Waals surface area contributed by atoms with Gasteiger partial charge in [-0.25, -0.2) is 14.6 Å². The third-order valence-electron chi connectivity index (χ3n) is 5.84. The van der Waals surface area contributed by atoms with Gasteiger partial charge in [-0.05, 0) is 55.2 Å². The van der Waals surface area contributed by atoms with Gasteiger partial charge in [-0.3, -0.25) is 9.20 Å². The Hall–Kier alpha value is -3.31. The van der Waals surface area contributed by atoms with Gasteiger partial charge in [0.2, 0.25) is 6.08 Å². The number of pyridine rings is 1. The Bertz CT molecular complexity index is 1250. The zero-order valence-electron chi connectivity index (χ0n) is 17.1. The normalized spacial score (nSPS) is 14.6. The van der Waals surface area contributed by atoms with Crippen LogP contribution in [0.3, 0.4) is 0 Å². The molecule has 0 aliphatic heterocycles. The summed E-state index contributed by atoms with van der Waals surface area (Å²) < 4.78 is 6.32. The first-order chi connectivity index (χ1) is 14.5. The van der Waals surface area contributed by atoms with Gasteiger partial charge in [0.25, 0.3) is 5.56 Å². The predicted molar refractivity (Wildman–Crippen MR) is 113 cm³/mol. The summed E-state index contributed by atoms with van der Waals surface area (Å²) in [5.74, 6) is -0.629. The molecule has 2 heterocycles. The lowest BCUT2D eigenvalue weighted by Gasteiger charge is -2.22. The molecule has 1 aliphatic carbocycles. The fourth-order valence-corrected chi connectivity index (χ4v) is 4.38. The Kier molecular flexibility index (Phi) is 5.46. The van der Waals surface area contributed by atoms with Crippen LogP contribution < -0.4 is 5.56 Å². The summed E-state index contributed by atoms with van der Waals surface area (Å²) in [6.45, 7) is 3.64. The maximum Gasteiger partial charge on any atom is 0.347 e. The Balaban J connectivity index is 2.03. The van der Waals surface area contributed by atoms with Crippen LogP contribution in [0.5, 0.6) is 0 Å². The van der Waals surface area contributed by atoms with E-state index in [1.807, 2.05) is 6.92 Å². The highest BCUT2D eigenvalue weighted by molar-refractivity contribution is 5.99. The number of isocyanates is 1. The fourth-order valence-electron chi connectivity index (χ4n) is 4.38. The van der Waals surface area contributed by atoms with Gasteiger partial charge < -0.3 is 4.74 Å². The average molecular weight is 405 g/mol. The maximum atomic E-state index is 13.2. The van der Waals surface area contributed by atoms with E-state index in [9.17, 15) is 14.4 Å². The van der Waals surface area contributed by atoms with Crippen molar-refractivity contribution in [2.75, 3.05) is 6.61 Å². The molecule has 0 saturated heterocycles. The topological polar surface area (TPSA) is 90.1 Å². The fraction of sp³-hybridized carbons (Fsp3) is 0.391. The molecule has 1 aliphatic rings. The molecule has 154 valence electrons. The van der Waals surface area contributed by atoms with Crippen molar-refractivity contribution in [2.45, 2.75) is 51.9 Å². The van der Waals surface area contributed by atoms with Crippen LogP contribution in [0.4, 0.5) is 5.82 Å². The first-order valence-corrected chi connectivity index (χ1v) is 10.3. The van der Waals surface area contributed by atoms with Gasteiger partial charge in [0.1, 0.15) is 5.65 Å². The Labute approximate surface area is 173 Å². The molecular formula is C23H23N3O4. The third kappa shape index (κ3) is 3.42. The van der Waals surface area contributed by atoms with E-state index in [0.29, 0.717) is 11.6 Å². The van der Waals surface area contributed by atoms with Gasteiger partial charge in [-0.1, -0.05) is 31.4 Å². The van der Waals surface area contributed by atoms with Crippen molar-refractivity contribution in [3.05, 3.63) is 51.4 Å². The van der Waals surface area contributed by atoms with Gasteiger partial charge in [0.15, 0.2) is 11.4 Å². The van der Waals surface area contributed by atoms with Gasteiger partial charge >= 0.3 is 5.97 Å². The summed E-state index contributed by atoms with van der Waals surface area (Å²) >= 11 is 0. The van der Waals surface area contributed by atoms with Crippen molar-refractivity contribution >= 4 is 34.3 Å². The van der Waals surface area contributed by atoms with Gasteiger partial charge in [0.05, 0.1) is 6.61 Å². The van der Waals surface area contributed by atoms with Crippen LogP contribution in [0.15, 0.2) is 34.2 Å². The van der Waals surface area contributed by atoms with Crippen molar-refractivity contribution in [3.63, 3.8) is 0 Å². The highest BCUT2D eigenvalue weighted by atomic mass is 16.5. The van der Waals surface area contributed by atoms with Crippen molar-refractivity contribution in [3.8, 4) is 0 Å². The van der Waals surface area contributed by atoms with E-state index in [1.165, 1.54) is 35.3 Å². The van der Waals surface area contributed by atoms with Crippen LogP contribution in [0.2, 0.25) is 0 Å². The third-order valence-corrected chi connectivity index (χ3v) is 5.84. The van der Waals surface area contributed by atoms with E-state index >= 15 is 0 Å². The van der Waals surface area contributed by atoms with Crippen LogP contribution >= 0.6 is 0 Å². The lowest BCUT2D eigenvalue weighted by Crippen LogP contribution is -2.25. The molecule has 0 radical (unpaired) electrons. The van der Waals surface area contributed by atoms with Crippen LogP contribution in [-0.2, 0) is 9.53 Å². The molecule has 0 atom stereocenters. The number of carbonyl (C=O) groups excluding carboxylic acids is 2. The van der Waals surface area contributed by atoms with Gasteiger partial charge in [0, 0.05) is 11.6 Å². The van der Waals surface area contributed by atoms with E-state index in [4.69, 9.17) is 4.74 Å². The predicted octanol–water partition coefficient (Wildman–Crippen LogP) is 4.35. The SMILES string of the molecule is CCOC(=O)c1c(N=C=O)nc2c3cc(C4CCCCC4)ccc3c(C)cn2c1=O. The number of nitrogens with zero attached hydrogens (tertiary/aromatic N) is 3. The minimum Gasteiger partial charge on any atom is -0.462 e. The second-order valence-corrected chi connectivity index (χ2v) is 7.68. The van der Waals surface area contributed by atoms with E-state index in [2.05, 4.69) is 28.2 Å². The number of esters is 1. The first kappa shape index (κ1) is 20.0. The quantitative estimate of drug-likeness (QED) is 0.279. The number of fused-ring (bicyclic) bond motifs is 3. The minimum atomic E-state index is -0.855. The zero-order valence-corrected chi connectivity index (χ0v) is 17.1. The first-order valence-electron chi connectivity index (χ1n) is 10.3. The van der Waals surface area contributed by atoms with Crippen molar-refractivity contribution in [2.24, 2.45) is 4.99 Å². The number of ether oxygens (including phenoxy) is 1. The monoisotopic (exact) mass is 405 g/mol. The van der Waals surface area contributed by atoms with Gasteiger partial charge in [-0.2, -0.15) is 0 Å². The molecule has 1 saturated carbocycles. The Morgan fingerprint density at radius 3 is 2.73 bits per heavy atom. The van der Waals surface area contributed by atoms with Crippen LogP contribution in [0, 0.1) is 6.92 Å². The second-order valence-electron chi connectivity index (χ2n) is 7.68. The summed E-state index contributed by atoms with van der Waals surface area (Å²) in [5, 5.41) is 1.76. The molecule has 1 aromatic carbocycles. The van der Waals surface area contributed by atoms with E-state index < -0.39 is 11.5 Å². The number of benzene rings is 1. The molecular weight excluding hydrogens is 382 g/mol. The Morgan fingerprint density at radius 2 is 2.03 bits per heavy atom. The molecule has 1 fully saturated rings. The molecule has 0 bridgehead atoms. The zero-order chi connectivity index (χ0) is 21.3. The number of aliphatic imine (C=N–C) groups is 1. The van der Waals surface area contributed by atoms with Crippen LogP contribution in [-0.4, -0.2) is 28.0 Å². The van der Waals surface area contributed by atoms with Crippen molar-refractivity contribution in [1.82, 2.24) is 9.38 Å². The van der Waals surface area contributed by atoms with E-state index in [0.717, 1.165) is 29.2 Å². The molecule has 3 aromatic rings. The van der Waals surface area contributed by atoms with E-state index in [1.54, 1.807) is 13.1 Å².